The van der Waals surface area contributed by atoms with E-state index in [1.54, 1.807) is 28.6 Å². The van der Waals surface area contributed by atoms with Crippen LogP contribution in [-0.2, 0) is 16.6 Å². The first-order chi connectivity index (χ1) is 14.6. The molecule has 0 saturated carbocycles. The van der Waals surface area contributed by atoms with Crippen molar-refractivity contribution in [1.82, 2.24) is 20.1 Å². The average Bonchev–Trinajstić information content (AvgIpc) is 2.80. The molecule has 0 atom stereocenters. The van der Waals surface area contributed by atoms with Crippen molar-refractivity contribution < 1.29 is 8.42 Å². The normalized spacial score (nSPS) is 20.4. The van der Waals surface area contributed by atoms with Crippen LogP contribution in [0.3, 0.4) is 0 Å². The number of likely N-dealkylation sites (tertiary alicyclic amines) is 1. The minimum Gasteiger partial charge on any atom is -0.299 e. The lowest BCUT2D eigenvalue weighted by Gasteiger charge is -2.35. The van der Waals surface area contributed by atoms with Crippen molar-refractivity contribution in [2.45, 2.75) is 49.2 Å². The van der Waals surface area contributed by atoms with Crippen molar-refractivity contribution in [1.29, 1.82) is 0 Å². The average molecular weight is 429 g/mol. The Morgan fingerprint density at radius 1 is 0.733 bits per heavy atom. The van der Waals surface area contributed by atoms with Gasteiger partial charge in [0.1, 0.15) is 0 Å². The third kappa shape index (κ3) is 5.47. The molecule has 162 valence electrons. The van der Waals surface area contributed by atoms with E-state index in [9.17, 15) is 8.42 Å². The third-order valence-electron chi connectivity index (χ3n) is 6.16. The number of sulfonamides is 1. The molecule has 6 nitrogen and oxygen atoms in total. The molecule has 0 aromatic heterocycles. The lowest BCUT2D eigenvalue weighted by atomic mass is 10.0. The number of rotatable bonds is 7. The zero-order chi connectivity index (χ0) is 20.8. The van der Waals surface area contributed by atoms with Gasteiger partial charge in [-0.3, -0.25) is 15.8 Å². The topological polar surface area (TPSA) is 64.7 Å². The summed E-state index contributed by atoms with van der Waals surface area (Å²) in [6, 6.07) is 20.2. The number of hydrogen-bond acceptors (Lipinski definition) is 5. The van der Waals surface area contributed by atoms with Gasteiger partial charge in [-0.2, -0.15) is 4.31 Å². The van der Waals surface area contributed by atoms with Gasteiger partial charge in [0.25, 0.3) is 0 Å². The number of hydrogen-bond donors (Lipinski definition) is 2. The molecule has 2 N–H and O–H groups in total. The van der Waals surface area contributed by atoms with Crippen LogP contribution in [0, 0.1) is 0 Å². The minimum absolute atomic E-state index is 0.314. The highest BCUT2D eigenvalue weighted by molar-refractivity contribution is 7.89. The predicted molar refractivity (Wildman–Crippen MR) is 119 cm³/mol. The molecule has 0 aliphatic carbocycles. The fraction of sp³-hybridized carbons (Fsp3) is 0.478. The van der Waals surface area contributed by atoms with Gasteiger partial charge >= 0.3 is 0 Å². The zero-order valence-corrected chi connectivity index (χ0v) is 18.2. The smallest absolute Gasteiger partial charge is 0.243 e. The standard InChI is InChI=1S/C23H32N4O2S/c28-30(29,23-9-5-2-6-10-23)27-17-13-22(14-18-27)25-24-21-11-15-26(16-12-21)19-20-7-3-1-4-8-20/h1-10,21-22,24-25H,11-19H2. The zero-order valence-electron chi connectivity index (χ0n) is 17.4. The number of hydrazine groups is 1. The maximum absolute atomic E-state index is 12.7. The van der Waals surface area contributed by atoms with Crippen LogP contribution in [0.15, 0.2) is 65.6 Å². The molecule has 2 heterocycles. The number of piperidine rings is 2. The molecule has 0 bridgehead atoms. The molecule has 2 aliphatic rings. The molecule has 0 unspecified atom stereocenters. The van der Waals surface area contributed by atoms with E-state index in [2.05, 4.69) is 46.1 Å². The van der Waals surface area contributed by atoms with Gasteiger partial charge < -0.3 is 0 Å². The Balaban J connectivity index is 1.17. The van der Waals surface area contributed by atoms with Crippen LogP contribution in [0.2, 0.25) is 0 Å². The maximum atomic E-state index is 12.7. The van der Waals surface area contributed by atoms with Gasteiger partial charge in [0.05, 0.1) is 4.90 Å². The Bertz CT molecular complexity index is 876. The Hall–Kier alpha value is -1.77. The van der Waals surface area contributed by atoms with Gasteiger partial charge in [-0.1, -0.05) is 48.5 Å². The number of nitrogens with one attached hydrogen (secondary N) is 2. The first-order valence-corrected chi connectivity index (χ1v) is 12.4. The summed E-state index contributed by atoms with van der Waals surface area (Å²) in [5.74, 6) is 0. The van der Waals surface area contributed by atoms with E-state index in [0.29, 0.717) is 30.1 Å². The van der Waals surface area contributed by atoms with E-state index in [1.807, 2.05) is 6.07 Å². The van der Waals surface area contributed by atoms with Crippen molar-refractivity contribution in [3.8, 4) is 0 Å². The number of nitrogens with zero attached hydrogens (tertiary/aromatic N) is 2. The van der Waals surface area contributed by atoms with Crippen LogP contribution >= 0.6 is 0 Å². The molecule has 0 radical (unpaired) electrons. The van der Waals surface area contributed by atoms with E-state index in [0.717, 1.165) is 45.3 Å². The second-order valence-electron chi connectivity index (χ2n) is 8.32. The van der Waals surface area contributed by atoms with Gasteiger partial charge in [0.2, 0.25) is 10.0 Å². The Kier molecular flexibility index (Phi) is 7.17. The minimum atomic E-state index is -3.37. The molecular weight excluding hydrogens is 396 g/mol. The van der Waals surface area contributed by atoms with Gasteiger partial charge in [-0.25, -0.2) is 8.42 Å². The first kappa shape index (κ1) is 21.5. The summed E-state index contributed by atoms with van der Waals surface area (Å²) in [6.07, 6.45) is 3.90. The molecule has 2 aliphatic heterocycles. The van der Waals surface area contributed by atoms with Crippen molar-refractivity contribution in [3.05, 3.63) is 66.2 Å². The maximum Gasteiger partial charge on any atom is 0.243 e. The lowest BCUT2D eigenvalue weighted by molar-refractivity contribution is 0.171. The number of benzene rings is 2. The molecule has 2 fully saturated rings. The Morgan fingerprint density at radius 3 is 1.80 bits per heavy atom. The highest BCUT2D eigenvalue weighted by Crippen LogP contribution is 2.20. The van der Waals surface area contributed by atoms with E-state index < -0.39 is 10.0 Å². The Labute approximate surface area is 180 Å². The van der Waals surface area contributed by atoms with E-state index in [-0.39, 0.29) is 0 Å². The summed E-state index contributed by atoms with van der Waals surface area (Å²) in [7, 11) is -3.37. The second kappa shape index (κ2) is 10.0. The predicted octanol–water partition coefficient (Wildman–Crippen LogP) is 2.60. The molecule has 0 amide bonds. The van der Waals surface area contributed by atoms with Crippen molar-refractivity contribution in [3.63, 3.8) is 0 Å². The fourth-order valence-electron chi connectivity index (χ4n) is 4.29. The molecule has 7 heteroatoms. The highest BCUT2D eigenvalue weighted by Gasteiger charge is 2.29. The molecule has 2 saturated heterocycles. The van der Waals surface area contributed by atoms with Gasteiger partial charge in [-0.05, 0) is 43.4 Å². The summed E-state index contributed by atoms with van der Waals surface area (Å²) in [4.78, 5) is 2.90. The monoisotopic (exact) mass is 428 g/mol. The molecule has 0 spiro atoms. The molecule has 30 heavy (non-hydrogen) atoms. The summed E-state index contributed by atoms with van der Waals surface area (Å²) < 4.78 is 27.1. The van der Waals surface area contributed by atoms with Crippen LogP contribution < -0.4 is 10.9 Å². The summed E-state index contributed by atoms with van der Waals surface area (Å²) in [6.45, 7) is 4.34. The SMILES string of the molecule is O=S(=O)(c1ccccc1)N1CCC(NNC2CCN(Cc3ccccc3)CC2)CC1. The molecule has 4 rings (SSSR count). The molecule has 2 aromatic carbocycles. The summed E-state index contributed by atoms with van der Waals surface area (Å²) in [5, 5.41) is 0. The summed E-state index contributed by atoms with van der Waals surface area (Å²) >= 11 is 0. The van der Waals surface area contributed by atoms with E-state index in [4.69, 9.17) is 0 Å². The largest absolute Gasteiger partial charge is 0.299 e. The van der Waals surface area contributed by atoms with Gasteiger partial charge in [-0.15, -0.1) is 0 Å². The van der Waals surface area contributed by atoms with E-state index >= 15 is 0 Å². The highest BCUT2D eigenvalue weighted by atomic mass is 32.2. The van der Waals surface area contributed by atoms with Crippen LogP contribution in [-0.4, -0.2) is 55.9 Å². The Morgan fingerprint density at radius 2 is 1.23 bits per heavy atom. The second-order valence-corrected chi connectivity index (χ2v) is 10.3. The lowest BCUT2D eigenvalue weighted by Crippen LogP contribution is -2.53. The first-order valence-electron chi connectivity index (χ1n) is 10.9. The van der Waals surface area contributed by atoms with Crippen LogP contribution in [0.4, 0.5) is 0 Å². The fourth-order valence-corrected chi connectivity index (χ4v) is 5.79. The third-order valence-corrected chi connectivity index (χ3v) is 8.08. The van der Waals surface area contributed by atoms with E-state index in [1.165, 1.54) is 5.56 Å². The molecule has 2 aromatic rings. The van der Waals surface area contributed by atoms with Crippen molar-refractivity contribution >= 4 is 10.0 Å². The summed E-state index contributed by atoms with van der Waals surface area (Å²) in [5.41, 5.74) is 8.37. The van der Waals surface area contributed by atoms with Crippen LogP contribution in [0.5, 0.6) is 0 Å². The van der Waals surface area contributed by atoms with Gasteiger partial charge in [0, 0.05) is 44.8 Å². The molecular formula is C23H32N4O2S. The van der Waals surface area contributed by atoms with Crippen molar-refractivity contribution in [2.24, 2.45) is 0 Å². The van der Waals surface area contributed by atoms with Crippen LogP contribution in [0.25, 0.3) is 0 Å². The van der Waals surface area contributed by atoms with Crippen LogP contribution in [0.1, 0.15) is 31.2 Å². The van der Waals surface area contributed by atoms with Gasteiger partial charge in [0.15, 0.2) is 0 Å². The van der Waals surface area contributed by atoms with Crippen molar-refractivity contribution in [2.75, 3.05) is 26.2 Å². The quantitative estimate of drug-likeness (QED) is 0.664.